The van der Waals surface area contributed by atoms with E-state index in [0.717, 1.165) is 41.9 Å². The minimum atomic E-state index is 0.206. The quantitative estimate of drug-likeness (QED) is 0.911. The molecule has 1 aliphatic rings. The van der Waals surface area contributed by atoms with Gasteiger partial charge in [0.25, 0.3) is 0 Å². The highest BCUT2D eigenvalue weighted by molar-refractivity contribution is 9.10. The summed E-state index contributed by atoms with van der Waals surface area (Å²) in [6, 6.07) is 8.16. The molecule has 5 heteroatoms. The molecule has 1 aliphatic heterocycles. The number of nitrogens with zero attached hydrogens (tertiary/aromatic N) is 1. The van der Waals surface area contributed by atoms with Crippen LogP contribution in [0, 0.1) is 0 Å². The van der Waals surface area contributed by atoms with Gasteiger partial charge in [0.15, 0.2) is 0 Å². The van der Waals surface area contributed by atoms with E-state index in [9.17, 15) is 0 Å². The summed E-state index contributed by atoms with van der Waals surface area (Å²) in [5, 5.41) is 9.01. The molecule has 0 bridgehead atoms. The van der Waals surface area contributed by atoms with Gasteiger partial charge in [-0.15, -0.1) is 0 Å². The second kappa shape index (κ2) is 5.86. The van der Waals surface area contributed by atoms with E-state index in [4.69, 9.17) is 4.74 Å². The predicted octanol–water partition coefficient (Wildman–Crippen LogP) is 2.40. The second-order valence-electron chi connectivity index (χ2n) is 4.57. The van der Waals surface area contributed by atoms with Gasteiger partial charge in [-0.3, -0.25) is 0 Å². The number of hydrogen-bond acceptors (Lipinski definition) is 4. The van der Waals surface area contributed by atoms with Crippen molar-refractivity contribution in [3.63, 3.8) is 0 Å². The van der Waals surface area contributed by atoms with E-state index in [0.29, 0.717) is 0 Å². The maximum Gasteiger partial charge on any atom is 0.133 e. The van der Waals surface area contributed by atoms with E-state index in [2.05, 4.69) is 37.6 Å². The SMILES string of the molecule is Brc1cccc2c(NCC3CNCCO3)nccc12. The van der Waals surface area contributed by atoms with E-state index in [1.165, 1.54) is 5.39 Å². The zero-order valence-electron chi connectivity index (χ0n) is 10.5. The Morgan fingerprint density at radius 1 is 1.37 bits per heavy atom. The maximum atomic E-state index is 5.67. The van der Waals surface area contributed by atoms with Crippen LogP contribution in [0.15, 0.2) is 34.9 Å². The number of fused-ring (bicyclic) bond motifs is 1. The van der Waals surface area contributed by atoms with E-state index in [-0.39, 0.29) is 6.10 Å². The fourth-order valence-electron chi connectivity index (χ4n) is 2.27. The van der Waals surface area contributed by atoms with Crippen LogP contribution in [-0.4, -0.2) is 37.3 Å². The van der Waals surface area contributed by atoms with Gasteiger partial charge in [-0.25, -0.2) is 4.98 Å². The third kappa shape index (κ3) is 2.88. The summed E-state index contributed by atoms with van der Waals surface area (Å²) in [6.45, 7) is 3.38. The fourth-order valence-corrected chi connectivity index (χ4v) is 2.77. The predicted molar refractivity (Wildman–Crippen MR) is 80.5 cm³/mol. The molecule has 0 radical (unpaired) electrons. The van der Waals surface area contributed by atoms with Crippen LogP contribution in [0.4, 0.5) is 5.82 Å². The Morgan fingerprint density at radius 3 is 3.16 bits per heavy atom. The Balaban J connectivity index is 1.79. The number of benzene rings is 1. The summed E-state index contributed by atoms with van der Waals surface area (Å²) in [4.78, 5) is 4.42. The van der Waals surface area contributed by atoms with E-state index in [1.54, 1.807) is 0 Å². The summed E-state index contributed by atoms with van der Waals surface area (Å²) in [6.07, 6.45) is 2.04. The van der Waals surface area contributed by atoms with Gasteiger partial charge in [-0.05, 0) is 12.1 Å². The Hall–Kier alpha value is -1.17. The summed E-state index contributed by atoms with van der Waals surface area (Å²) in [7, 11) is 0. The minimum Gasteiger partial charge on any atom is -0.374 e. The number of ether oxygens (including phenoxy) is 1. The zero-order chi connectivity index (χ0) is 13.1. The van der Waals surface area contributed by atoms with Gasteiger partial charge in [-0.2, -0.15) is 0 Å². The van der Waals surface area contributed by atoms with Crippen molar-refractivity contribution in [2.75, 3.05) is 31.6 Å². The van der Waals surface area contributed by atoms with Crippen LogP contribution in [0.1, 0.15) is 0 Å². The molecule has 2 aromatic rings. The van der Waals surface area contributed by atoms with Gasteiger partial charge in [0, 0.05) is 41.1 Å². The van der Waals surface area contributed by atoms with E-state index >= 15 is 0 Å². The van der Waals surface area contributed by atoms with Crippen LogP contribution in [0.2, 0.25) is 0 Å². The summed E-state index contributed by atoms with van der Waals surface area (Å²) >= 11 is 3.57. The molecule has 1 atom stereocenters. The highest BCUT2D eigenvalue weighted by Crippen LogP contribution is 2.27. The van der Waals surface area contributed by atoms with Crippen molar-refractivity contribution in [3.05, 3.63) is 34.9 Å². The molecular weight excluding hydrogens is 306 g/mol. The first-order valence-corrected chi connectivity index (χ1v) is 7.23. The van der Waals surface area contributed by atoms with Gasteiger partial charge >= 0.3 is 0 Å². The van der Waals surface area contributed by atoms with Gasteiger partial charge in [-0.1, -0.05) is 28.1 Å². The minimum absolute atomic E-state index is 0.206. The summed E-state index contributed by atoms with van der Waals surface area (Å²) in [5.41, 5.74) is 0. The summed E-state index contributed by atoms with van der Waals surface area (Å²) in [5.74, 6) is 0.910. The lowest BCUT2D eigenvalue weighted by atomic mass is 10.1. The standard InChI is InChI=1S/C14H16BrN3O/c15-13-3-1-2-12-11(13)4-5-17-14(12)18-9-10-8-16-6-7-19-10/h1-5,10,16H,6-9H2,(H,17,18). The first-order chi connectivity index (χ1) is 9.34. The van der Waals surface area contributed by atoms with Gasteiger partial charge in [0.05, 0.1) is 12.7 Å². The molecule has 1 fully saturated rings. The van der Waals surface area contributed by atoms with Crippen molar-refractivity contribution in [2.24, 2.45) is 0 Å². The lowest BCUT2D eigenvalue weighted by Gasteiger charge is -2.24. The molecule has 2 heterocycles. The highest BCUT2D eigenvalue weighted by atomic mass is 79.9. The molecule has 1 saturated heterocycles. The molecule has 2 N–H and O–H groups in total. The Labute approximate surface area is 120 Å². The molecule has 3 rings (SSSR count). The largest absolute Gasteiger partial charge is 0.374 e. The second-order valence-corrected chi connectivity index (χ2v) is 5.43. The smallest absolute Gasteiger partial charge is 0.133 e. The number of hydrogen-bond donors (Lipinski definition) is 2. The van der Waals surface area contributed by atoms with Crippen LogP contribution >= 0.6 is 15.9 Å². The lowest BCUT2D eigenvalue weighted by Crippen LogP contribution is -2.42. The third-order valence-electron chi connectivity index (χ3n) is 3.25. The molecular formula is C14H16BrN3O. The average molecular weight is 322 g/mol. The van der Waals surface area contributed by atoms with E-state index < -0.39 is 0 Å². The Morgan fingerprint density at radius 2 is 2.32 bits per heavy atom. The molecule has 100 valence electrons. The zero-order valence-corrected chi connectivity index (χ0v) is 12.1. The molecule has 0 spiro atoms. The van der Waals surface area contributed by atoms with Crippen LogP contribution in [-0.2, 0) is 4.74 Å². The monoisotopic (exact) mass is 321 g/mol. The van der Waals surface area contributed by atoms with Crippen LogP contribution in [0.3, 0.4) is 0 Å². The molecule has 4 nitrogen and oxygen atoms in total. The highest BCUT2D eigenvalue weighted by Gasteiger charge is 2.13. The molecule has 0 aliphatic carbocycles. The average Bonchev–Trinajstić information content (AvgIpc) is 2.47. The van der Waals surface area contributed by atoms with Gasteiger partial charge in [0.2, 0.25) is 0 Å². The maximum absolute atomic E-state index is 5.67. The van der Waals surface area contributed by atoms with Crippen molar-refractivity contribution >= 4 is 32.5 Å². The number of morpholine rings is 1. The Kier molecular flexibility index (Phi) is 3.96. The molecule has 19 heavy (non-hydrogen) atoms. The molecule has 0 saturated carbocycles. The van der Waals surface area contributed by atoms with Crippen molar-refractivity contribution in [3.8, 4) is 0 Å². The summed E-state index contributed by atoms with van der Waals surface area (Å²) < 4.78 is 6.76. The van der Waals surface area contributed by atoms with Crippen molar-refractivity contribution in [2.45, 2.75) is 6.10 Å². The molecule has 1 aromatic carbocycles. The van der Waals surface area contributed by atoms with Crippen LogP contribution < -0.4 is 10.6 Å². The number of nitrogens with one attached hydrogen (secondary N) is 2. The molecule has 1 unspecified atom stereocenters. The van der Waals surface area contributed by atoms with Crippen LogP contribution in [0.5, 0.6) is 0 Å². The van der Waals surface area contributed by atoms with Crippen molar-refractivity contribution < 1.29 is 4.74 Å². The fraction of sp³-hybridized carbons (Fsp3) is 0.357. The number of rotatable bonds is 3. The first kappa shape index (κ1) is 12.8. The first-order valence-electron chi connectivity index (χ1n) is 6.44. The van der Waals surface area contributed by atoms with Gasteiger partial charge in [0.1, 0.15) is 5.82 Å². The van der Waals surface area contributed by atoms with Crippen molar-refractivity contribution in [1.82, 2.24) is 10.3 Å². The number of anilines is 1. The van der Waals surface area contributed by atoms with Crippen molar-refractivity contribution in [1.29, 1.82) is 0 Å². The normalized spacial score (nSPS) is 19.5. The van der Waals surface area contributed by atoms with E-state index in [1.807, 2.05) is 24.4 Å². The molecule has 1 aromatic heterocycles. The molecule has 0 amide bonds. The number of pyridine rings is 1. The van der Waals surface area contributed by atoms with Gasteiger partial charge < -0.3 is 15.4 Å². The van der Waals surface area contributed by atoms with Crippen LogP contribution in [0.25, 0.3) is 10.8 Å². The third-order valence-corrected chi connectivity index (χ3v) is 3.95. The Bertz CT molecular complexity index is 570. The lowest BCUT2D eigenvalue weighted by molar-refractivity contribution is 0.0372. The topological polar surface area (TPSA) is 46.2 Å². The number of aromatic nitrogens is 1. The number of halogens is 1.